The molecule has 1 saturated heterocycles. The zero-order valence-corrected chi connectivity index (χ0v) is 11.5. The average molecular weight is 283 g/mol. The van der Waals surface area contributed by atoms with Gasteiger partial charge in [0.1, 0.15) is 0 Å². The number of carbonyl (C=O) groups excluding carboxylic acids is 1. The van der Waals surface area contributed by atoms with Crippen LogP contribution in [0.1, 0.15) is 12.0 Å². The molecule has 1 aliphatic heterocycles. The highest BCUT2D eigenvalue weighted by atomic mass is 32.2. The summed E-state index contributed by atoms with van der Waals surface area (Å²) in [6.07, 6.45) is 2.27. The first-order valence-electron chi connectivity index (χ1n) is 6.13. The first-order chi connectivity index (χ1) is 8.94. The van der Waals surface area contributed by atoms with Gasteiger partial charge in [-0.1, -0.05) is 30.3 Å². The summed E-state index contributed by atoms with van der Waals surface area (Å²) in [5.74, 6) is -0.151. The Morgan fingerprint density at radius 2 is 2.00 bits per heavy atom. The predicted molar refractivity (Wildman–Crippen MR) is 71.0 cm³/mol. The van der Waals surface area contributed by atoms with Crippen LogP contribution in [0.15, 0.2) is 30.3 Å². The highest BCUT2D eigenvalue weighted by Gasteiger charge is 2.32. The molecule has 1 amide bonds. The van der Waals surface area contributed by atoms with Gasteiger partial charge in [0.25, 0.3) is 10.1 Å². The molecule has 0 radical (unpaired) electrons. The summed E-state index contributed by atoms with van der Waals surface area (Å²) in [7, 11) is -3.46. The van der Waals surface area contributed by atoms with Crippen LogP contribution in [0, 0.1) is 5.92 Å². The van der Waals surface area contributed by atoms with Gasteiger partial charge in [-0.3, -0.25) is 8.98 Å². The van der Waals surface area contributed by atoms with Gasteiger partial charge in [0, 0.05) is 5.92 Å². The second-order valence-electron chi connectivity index (χ2n) is 4.82. The Hall–Kier alpha value is -1.40. The van der Waals surface area contributed by atoms with Crippen molar-refractivity contribution in [3.63, 3.8) is 0 Å². The standard InChI is InChI=1S/C13H17NO4S/c1-19(16,17)18-9-12-8-11(13(15)14-12)7-10-5-3-2-4-6-10/h2-6,11-12H,7-9H2,1H3,(H,14,15)/t11-,12?/m1/s1. The van der Waals surface area contributed by atoms with Crippen LogP contribution in [0.3, 0.4) is 0 Å². The number of hydrogen-bond donors (Lipinski definition) is 1. The van der Waals surface area contributed by atoms with Gasteiger partial charge in [-0.15, -0.1) is 0 Å². The molecule has 0 bridgehead atoms. The molecule has 0 saturated carbocycles. The van der Waals surface area contributed by atoms with Crippen molar-refractivity contribution in [1.82, 2.24) is 5.32 Å². The summed E-state index contributed by atoms with van der Waals surface area (Å²) in [6, 6.07) is 9.54. The lowest BCUT2D eigenvalue weighted by atomic mass is 9.96. The van der Waals surface area contributed by atoms with Gasteiger partial charge in [-0.25, -0.2) is 0 Å². The lowest BCUT2D eigenvalue weighted by Crippen LogP contribution is -2.31. The fraction of sp³-hybridized carbons (Fsp3) is 0.462. The number of benzene rings is 1. The van der Waals surface area contributed by atoms with Gasteiger partial charge in [-0.2, -0.15) is 8.42 Å². The van der Waals surface area contributed by atoms with Crippen LogP contribution in [-0.2, 0) is 25.5 Å². The lowest BCUT2D eigenvalue weighted by molar-refractivity contribution is -0.122. The minimum Gasteiger partial charge on any atom is -0.351 e. The third-order valence-corrected chi connectivity index (χ3v) is 3.66. The molecule has 1 heterocycles. The van der Waals surface area contributed by atoms with Crippen LogP contribution in [0.5, 0.6) is 0 Å². The van der Waals surface area contributed by atoms with Crippen molar-refractivity contribution in [3.8, 4) is 0 Å². The zero-order valence-electron chi connectivity index (χ0n) is 10.7. The first-order valence-corrected chi connectivity index (χ1v) is 7.94. The maximum Gasteiger partial charge on any atom is 0.264 e. The maximum absolute atomic E-state index is 11.8. The minimum absolute atomic E-state index is 0.00978. The van der Waals surface area contributed by atoms with E-state index < -0.39 is 10.1 Å². The molecule has 2 rings (SSSR count). The fourth-order valence-corrected chi connectivity index (χ4v) is 2.63. The van der Waals surface area contributed by atoms with E-state index in [2.05, 4.69) is 5.32 Å². The first kappa shape index (κ1) is 14.0. The average Bonchev–Trinajstić information content (AvgIpc) is 2.68. The van der Waals surface area contributed by atoms with Crippen LogP contribution < -0.4 is 5.32 Å². The van der Waals surface area contributed by atoms with Gasteiger partial charge in [0.15, 0.2) is 0 Å². The van der Waals surface area contributed by atoms with Crippen LogP contribution in [0.25, 0.3) is 0 Å². The quantitative estimate of drug-likeness (QED) is 0.808. The van der Waals surface area contributed by atoms with E-state index in [4.69, 9.17) is 4.18 Å². The molecule has 1 N–H and O–H groups in total. The molecule has 1 aromatic rings. The summed E-state index contributed by atoms with van der Waals surface area (Å²) < 4.78 is 26.5. The third-order valence-electron chi connectivity index (χ3n) is 3.09. The van der Waals surface area contributed by atoms with E-state index in [-0.39, 0.29) is 24.5 Å². The Kier molecular flexibility index (Phi) is 4.21. The highest BCUT2D eigenvalue weighted by Crippen LogP contribution is 2.20. The van der Waals surface area contributed by atoms with Gasteiger partial charge in [0.2, 0.25) is 5.91 Å². The molecule has 0 aliphatic carbocycles. The molecular formula is C13H17NO4S. The maximum atomic E-state index is 11.8. The predicted octanol–water partition coefficient (Wildman–Crippen LogP) is 0.710. The van der Waals surface area contributed by atoms with Crippen molar-refractivity contribution in [3.05, 3.63) is 35.9 Å². The van der Waals surface area contributed by atoms with Crippen LogP contribution in [-0.4, -0.2) is 33.2 Å². The molecule has 5 nitrogen and oxygen atoms in total. The number of rotatable bonds is 5. The van der Waals surface area contributed by atoms with E-state index in [1.807, 2.05) is 30.3 Å². The molecule has 0 aromatic heterocycles. The van der Waals surface area contributed by atoms with Gasteiger partial charge < -0.3 is 5.32 Å². The fourth-order valence-electron chi connectivity index (χ4n) is 2.22. The largest absolute Gasteiger partial charge is 0.351 e. The summed E-state index contributed by atoms with van der Waals surface area (Å²) >= 11 is 0. The Morgan fingerprint density at radius 3 is 2.63 bits per heavy atom. The molecular weight excluding hydrogens is 266 g/mol. The number of carbonyl (C=O) groups is 1. The minimum atomic E-state index is -3.46. The molecule has 1 aliphatic rings. The molecule has 0 spiro atoms. The second-order valence-corrected chi connectivity index (χ2v) is 6.46. The van der Waals surface area contributed by atoms with Gasteiger partial charge in [-0.05, 0) is 18.4 Å². The smallest absolute Gasteiger partial charge is 0.264 e. The van der Waals surface area contributed by atoms with Crippen molar-refractivity contribution in [1.29, 1.82) is 0 Å². The summed E-state index contributed by atoms with van der Waals surface area (Å²) in [4.78, 5) is 11.8. The topological polar surface area (TPSA) is 72.5 Å². The van der Waals surface area contributed by atoms with E-state index in [1.54, 1.807) is 0 Å². The second kappa shape index (κ2) is 5.71. The van der Waals surface area contributed by atoms with Crippen LogP contribution in [0.2, 0.25) is 0 Å². The molecule has 1 fully saturated rings. The molecule has 2 atom stereocenters. The van der Waals surface area contributed by atoms with Crippen molar-refractivity contribution >= 4 is 16.0 Å². The van der Waals surface area contributed by atoms with Crippen molar-refractivity contribution in [2.45, 2.75) is 18.9 Å². The summed E-state index contributed by atoms with van der Waals surface area (Å²) in [6.45, 7) is 0.00978. The number of hydrogen-bond acceptors (Lipinski definition) is 4. The van der Waals surface area contributed by atoms with E-state index in [1.165, 1.54) is 0 Å². The van der Waals surface area contributed by atoms with Gasteiger partial charge >= 0.3 is 0 Å². The molecule has 6 heteroatoms. The van der Waals surface area contributed by atoms with Gasteiger partial charge in [0.05, 0.1) is 18.9 Å². The Balaban J connectivity index is 1.89. The van der Waals surface area contributed by atoms with E-state index >= 15 is 0 Å². The monoisotopic (exact) mass is 283 g/mol. The van der Waals surface area contributed by atoms with E-state index in [9.17, 15) is 13.2 Å². The Morgan fingerprint density at radius 1 is 1.32 bits per heavy atom. The van der Waals surface area contributed by atoms with E-state index in [0.717, 1.165) is 11.8 Å². The Labute approximate surface area is 113 Å². The zero-order chi connectivity index (χ0) is 13.9. The van der Waals surface area contributed by atoms with Crippen LogP contribution in [0.4, 0.5) is 0 Å². The normalized spacial score (nSPS) is 23.3. The molecule has 104 valence electrons. The van der Waals surface area contributed by atoms with E-state index in [0.29, 0.717) is 12.8 Å². The molecule has 19 heavy (non-hydrogen) atoms. The highest BCUT2D eigenvalue weighted by molar-refractivity contribution is 7.85. The number of nitrogens with one attached hydrogen (secondary N) is 1. The molecule has 1 unspecified atom stereocenters. The summed E-state index contributed by atoms with van der Waals surface area (Å²) in [5.41, 5.74) is 1.10. The van der Waals surface area contributed by atoms with Crippen molar-refractivity contribution < 1.29 is 17.4 Å². The summed E-state index contributed by atoms with van der Waals surface area (Å²) in [5, 5.41) is 2.77. The van der Waals surface area contributed by atoms with Crippen molar-refractivity contribution in [2.75, 3.05) is 12.9 Å². The molecule has 1 aromatic carbocycles. The SMILES string of the molecule is CS(=O)(=O)OCC1C[C@@H](Cc2ccccc2)C(=O)N1. The lowest BCUT2D eigenvalue weighted by Gasteiger charge is -2.09. The number of amides is 1. The van der Waals surface area contributed by atoms with Crippen LogP contribution >= 0.6 is 0 Å². The van der Waals surface area contributed by atoms with Crippen molar-refractivity contribution in [2.24, 2.45) is 5.92 Å². The Bertz CT molecular complexity index is 541. The third kappa shape index (κ3) is 4.33.